The molecule has 0 fully saturated rings. The third-order valence-electron chi connectivity index (χ3n) is 4.21. The molecule has 25 heavy (non-hydrogen) atoms. The number of hydrogen-bond donors (Lipinski definition) is 0. The molecule has 0 atom stereocenters. The van der Waals surface area contributed by atoms with E-state index in [4.69, 9.17) is 4.74 Å². The standard InChI is InChI=1S/C21H16N2O2/c1-25-21(24)17-14-20(18-9-5-6-11-22-18)23-12-10-16(13-19(17)23)15-7-3-2-4-8-15/h2-14H,1H3. The van der Waals surface area contributed by atoms with Crippen LogP contribution in [0.25, 0.3) is 28.0 Å². The summed E-state index contributed by atoms with van der Waals surface area (Å²) in [5.41, 5.74) is 5.14. The molecule has 0 aliphatic heterocycles. The maximum absolute atomic E-state index is 12.3. The van der Waals surface area contributed by atoms with E-state index in [1.54, 1.807) is 6.20 Å². The molecule has 0 N–H and O–H groups in total. The number of hydrogen-bond acceptors (Lipinski definition) is 3. The zero-order valence-electron chi connectivity index (χ0n) is 13.7. The molecule has 4 rings (SSSR count). The fourth-order valence-electron chi connectivity index (χ4n) is 2.99. The minimum Gasteiger partial charge on any atom is -0.465 e. The van der Waals surface area contributed by atoms with Gasteiger partial charge in [-0.15, -0.1) is 0 Å². The Kier molecular flexibility index (Phi) is 3.78. The van der Waals surface area contributed by atoms with Gasteiger partial charge in [0.15, 0.2) is 0 Å². The third kappa shape index (κ3) is 2.68. The Hall–Kier alpha value is -3.40. The van der Waals surface area contributed by atoms with Crippen LogP contribution in [0.4, 0.5) is 0 Å². The lowest BCUT2D eigenvalue weighted by molar-refractivity contribution is 0.0603. The zero-order chi connectivity index (χ0) is 17.2. The molecule has 0 aliphatic rings. The van der Waals surface area contributed by atoms with Crippen LogP contribution in [0.15, 0.2) is 79.1 Å². The summed E-state index contributed by atoms with van der Waals surface area (Å²) in [5.74, 6) is -0.357. The fourth-order valence-corrected chi connectivity index (χ4v) is 2.99. The van der Waals surface area contributed by atoms with E-state index in [0.29, 0.717) is 5.56 Å². The van der Waals surface area contributed by atoms with E-state index in [1.165, 1.54) is 7.11 Å². The number of nitrogens with zero attached hydrogens (tertiary/aromatic N) is 2. The van der Waals surface area contributed by atoms with Crippen molar-refractivity contribution >= 4 is 11.5 Å². The molecule has 0 bridgehead atoms. The number of benzene rings is 1. The van der Waals surface area contributed by atoms with Crippen molar-refractivity contribution in [1.29, 1.82) is 0 Å². The van der Waals surface area contributed by atoms with Crippen molar-refractivity contribution in [3.05, 3.63) is 84.7 Å². The highest BCUT2D eigenvalue weighted by molar-refractivity contribution is 6.00. The summed E-state index contributed by atoms with van der Waals surface area (Å²) in [5, 5.41) is 0. The van der Waals surface area contributed by atoms with Crippen LogP contribution in [-0.4, -0.2) is 22.5 Å². The zero-order valence-corrected chi connectivity index (χ0v) is 13.7. The number of pyridine rings is 2. The number of rotatable bonds is 3. The van der Waals surface area contributed by atoms with Crippen LogP contribution < -0.4 is 0 Å². The Balaban J connectivity index is 1.96. The maximum atomic E-state index is 12.3. The van der Waals surface area contributed by atoms with Crippen LogP contribution in [0.2, 0.25) is 0 Å². The van der Waals surface area contributed by atoms with Crippen molar-refractivity contribution < 1.29 is 9.53 Å². The van der Waals surface area contributed by atoms with E-state index in [9.17, 15) is 4.79 Å². The first-order chi connectivity index (χ1) is 12.3. The van der Waals surface area contributed by atoms with Crippen molar-refractivity contribution in [2.45, 2.75) is 0 Å². The van der Waals surface area contributed by atoms with Gasteiger partial charge < -0.3 is 9.14 Å². The molecule has 0 radical (unpaired) electrons. The van der Waals surface area contributed by atoms with E-state index in [-0.39, 0.29) is 5.97 Å². The summed E-state index contributed by atoms with van der Waals surface area (Å²) in [7, 11) is 1.40. The predicted octanol–water partition coefficient (Wildman–Crippen LogP) is 4.45. The van der Waals surface area contributed by atoms with E-state index in [2.05, 4.69) is 4.98 Å². The Labute approximate surface area is 145 Å². The Morgan fingerprint density at radius 2 is 1.76 bits per heavy atom. The molecule has 3 aromatic heterocycles. The molecule has 0 spiro atoms. The van der Waals surface area contributed by atoms with Crippen molar-refractivity contribution in [3.8, 4) is 22.5 Å². The van der Waals surface area contributed by atoms with Crippen LogP contribution in [-0.2, 0) is 4.74 Å². The van der Waals surface area contributed by atoms with Gasteiger partial charge in [0.05, 0.1) is 29.6 Å². The van der Waals surface area contributed by atoms with Crippen molar-refractivity contribution in [2.75, 3.05) is 7.11 Å². The normalized spacial score (nSPS) is 10.8. The van der Waals surface area contributed by atoms with E-state index in [1.807, 2.05) is 77.3 Å². The van der Waals surface area contributed by atoms with E-state index in [0.717, 1.165) is 28.0 Å². The number of esters is 1. The van der Waals surface area contributed by atoms with Gasteiger partial charge in [-0.3, -0.25) is 4.98 Å². The molecule has 0 amide bonds. The second-order valence-electron chi connectivity index (χ2n) is 5.69. The molecule has 1 aromatic carbocycles. The number of fused-ring (bicyclic) bond motifs is 1. The number of methoxy groups -OCH3 is 1. The second-order valence-corrected chi connectivity index (χ2v) is 5.69. The quantitative estimate of drug-likeness (QED) is 0.522. The lowest BCUT2D eigenvalue weighted by atomic mass is 10.1. The van der Waals surface area contributed by atoms with E-state index < -0.39 is 0 Å². The van der Waals surface area contributed by atoms with Crippen molar-refractivity contribution in [3.63, 3.8) is 0 Å². The highest BCUT2D eigenvalue weighted by Gasteiger charge is 2.18. The van der Waals surface area contributed by atoms with Crippen molar-refractivity contribution in [2.24, 2.45) is 0 Å². The second kappa shape index (κ2) is 6.24. The van der Waals surface area contributed by atoms with Gasteiger partial charge in [-0.25, -0.2) is 4.79 Å². The SMILES string of the molecule is COC(=O)c1cc(-c2ccccn2)n2ccc(-c3ccccc3)cc12. The molecule has 4 heteroatoms. The van der Waals surface area contributed by atoms with Crippen LogP contribution >= 0.6 is 0 Å². The minimum atomic E-state index is -0.357. The van der Waals surface area contributed by atoms with Crippen LogP contribution in [0.5, 0.6) is 0 Å². The van der Waals surface area contributed by atoms with Crippen molar-refractivity contribution in [1.82, 2.24) is 9.38 Å². The van der Waals surface area contributed by atoms with Gasteiger partial charge in [0.1, 0.15) is 0 Å². The monoisotopic (exact) mass is 328 g/mol. The highest BCUT2D eigenvalue weighted by atomic mass is 16.5. The van der Waals surface area contributed by atoms with Gasteiger partial charge in [-0.05, 0) is 41.5 Å². The Morgan fingerprint density at radius 3 is 2.48 bits per heavy atom. The first-order valence-electron chi connectivity index (χ1n) is 7.98. The van der Waals surface area contributed by atoms with Gasteiger partial charge >= 0.3 is 5.97 Å². The van der Waals surface area contributed by atoms with Crippen LogP contribution in [0.3, 0.4) is 0 Å². The topological polar surface area (TPSA) is 43.6 Å². The lowest BCUT2D eigenvalue weighted by Crippen LogP contribution is -2.00. The van der Waals surface area contributed by atoms with E-state index >= 15 is 0 Å². The number of carbonyl (C=O) groups excluding carboxylic acids is 1. The average molecular weight is 328 g/mol. The summed E-state index contributed by atoms with van der Waals surface area (Å²) in [4.78, 5) is 16.7. The fraction of sp³-hybridized carbons (Fsp3) is 0.0476. The maximum Gasteiger partial charge on any atom is 0.340 e. The third-order valence-corrected chi connectivity index (χ3v) is 4.21. The van der Waals surface area contributed by atoms with Gasteiger partial charge in [0, 0.05) is 12.4 Å². The first-order valence-corrected chi connectivity index (χ1v) is 7.98. The molecule has 0 aliphatic carbocycles. The molecule has 4 nitrogen and oxygen atoms in total. The summed E-state index contributed by atoms with van der Waals surface area (Å²) in [6.07, 6.45) is 3.71. The van der Waals surface area contributed by atoms with Gasteiger partial charge in [-0.2, -0.15) is 0 Å². The number of aromatic nitrogens is 2. The van der Waals surface area contributed by atoms with Crippen LogP contribution in [0.1, 0.15) is 10.4 Å². The summed E-state index contributed by atoms with van der Waals surface area (Å²) < 4.78 is 6.94. The minimum absolute atomic E-state index is 0.357. The summed E-state index contributed by atoms with van der Waals surface area (Å²) in [6.45, 7) is 0. The Bertz CT molecular complexity index is 1040. The molecular formula is C21H16N2O2. The molecule has 4 aromatic rings. The molecule has 122 valence electrons. The molecule has 0 saturated carbocycles. The van der Waals surface area contributed by atoms with Crippen LogP contribution in [0, 0.1) is 0 Å². The summed E-state index contributed by atoms with van der Waals surface area (Å²) in [6, 6.07) is 21.7. The molecule has 0 saturated heterocycles. The summed E-state index contributed by atoms with van der Waals surface area (Å²) >= 11 is 0. The average Bonchev–Trinajstić information content (AvgIpc) is 3.07. The number of carbonyl (C=O) groups is 1. The molecule has 3 heterocycles. The Morgan fingerprint density at radius 1 is 0.960 bits per heavy atom. The van der Waals surface area contributed by atoms with Gasteiger partial charge in [-0.1, -0.05) is 36.4 Å². The largest absolute Gasteiger partial charge is 0.465 e. The lowest BCUT2D eigenvalue weighted by Gasteiger charge is -2.06. The molecular weight excluding hydrogens is 312 g/mol. The first kappa shape index (κ1) is 15.1. The molecule has 0 unspecified atom stereocenters. The van der Waals surface area contributed by atoms with Gasteiger partial charge in [0.2, 0.25) is 0 Å². The number of ether oxygens (including phenoxy) is 1. The smallest absolute Gasteiger partial charge is 0.340 e. The highest BCUT2D eigenvalue weighted by Crippen LogP contribution is 2.29. The van der Waals surface area contributed by atoms with Gasteiger partial charge in [0.25, 0.3) is 0 Å². The predicted molar refractivity (Wildman–Crippen MR) is 97.4 cm³/mol.